The third-order valence-electron chi connectivity index (χ3n) is 2.70. The molecule has 0 spiro atoms. The Morgan fingerprint density at radius 2 is 2.32 bits per heavy atom. The van der Waals surface area contributed by atoms with Gasteiger partial charge in [-0.05, 0) is 12.5 Å². The van der Waals surface area contributed by atoms with Gasteiger partial charge in [0.15, 0.2) is 5.69 Å². The van der Waals surface area contributed by atoms with Gasteiger partial charge in [-0.15, -0.1) is 0 Å². The van der Waals surface area contributed by atoms with Crippen LogP contribution in [0.15, 0.2) is 24.4 Å². The van der Waals surface area contributed by atoms with E-state index in [4.69, 9.17) is 0 Å². The van der Waals surface area contributed by atoms with Gasteiger partial charge in [-0.3, -0.25) is 14.9 Å². The van der Waals surface area contributed by atoms with E-state index < -0.39 is 4.92 Å². The fraction of sp³-hybridized carbons (Fsp3) is 0.182. The highest BCUT2D eigenvalue weighted by atomic mass is 16.6. The molecule has 0 radical (unpaired) electrons. The molecule has 98 valence electrons. The van der Waals surface area contributed by atoms with Crippen LogP contribution in [0.5, 0.6) is 0 Å². The predicted molar refractivity (Wildman–Crippen MR) is 65.4 cm³/mol. The van der Waals surface area contributed by atoms with Gasteiger partial charge in [0.1, 0.15) is 0 Å². The van der Waals surface area contributed by atoms with Crippen LogP contribution in [0.3, 0.4) is 0 Å². The summed E-state index contributed by atoms with van der Waals surface area (Å²) < 4.78 is 0. The van der Waals surface area contributed by atoms with Gasteiger partial charge in [0, 0.05) is 18.2 Å². The number of aromatic amines is 1. The number of hydrogen-bond donors (Lipinski definition) is 2. The van der Waals surface area contributed by atoms with Crippen LogP contribution >= 0.6 is 0 Å². The monoisotopic (exact) mass is 261 g/mol. The van der Waals surface area contributed by atoms with Gasteiger partial charge in [0.05, 0.1) is 11.1 Å². The molecule has 1 aromatic carbocycles. The molecule has 0 fully saturated rings. The second-order valence-corrected chi connectivity index (χ2v) is 3.86. The van der Waals surface area contributed by atoms with Crippen LogP contribution in [0.4, 0.5) is 5.69 Å². The molecule has 0 unspecified atom stereocenters. The second-order valence-electron chi connectivity index (χ2n) is 3.86. The first-order chi connectivity index (χ1) is 9.09. The van der Waals surface area contributed by atoms with Gasteiger partial charge in [0.25, 0.3) is 11.6 Å². The number of nitrogens with zero attached hydrogens (tertiary/aromatic N) is 3. The van der Waals surface area contributed by atoms with Gasteiger partial charge in [0.2, 0.25) is 0 Å². The zero-order valence-electron chi connectivity index (χ0n) is 10.1. The maximum absolute atomic E-state index is 11.6. The minimum atomic E-state index is -0.446. The lowest BCUT2D eigenvalue weighted by atomic mass is 10.1. The Kier molecular flexibility index (Phi) is 3.51. The molecule has 1 heterocycles. The molecule has 2 rings (SSSR count). The summed E-state index contributed by atoms with van der Waals surface area (Å²) in [7, 11) is 0. The van der Waals surface area contributed by atoms with Crippen LogP contribution in [-0.2, 0) is 6.54 Å². The van der Waals surface area contributed by atoms with Crippen LogP contribution in [0.1, 0.15) is 21.6 Å². The first kappa shape index (κ1) is 12.7. The van der Waals surface area contributed by atoms with Crippen molar-refractivity contribution in [2.24, 2.45) is 0 Å². The Morgan fingerprint density at radius 3 is 2.95 bits per heavy atom. The molecule has 0 aliphatic rings. The van der Waals surface area contributed by atoms with Crippen LogP contribution in [0.2, 0.25) is 0 Å². The van der Waals surface area contributed by atoms with Crippen LogP contribution < -0.4 is 5.32 Å². The summed E-state index contributed by atoms with van der Waals surface area (Å²) in [6.07, 6.45) is 1.30. The summed E-state index contributed by atoms with van der Waals surface area (Å²) in [5, 5.41) is 22.9. The molecule has 0 saturated heterocycles. The number of hydrogen-bond acceptors (Lipinski definition) is 5. The smallest absolute Gasteiger partial charge is 0.273 e. The van der Waals surface area contributed by atoms with Gasteiger partial charge in [-0.1, -0.05) is 12.1 Å². The molecule has 0 saturated carbocycles. The standard InChI is InChI=1S/C11H11N5O3/c1-7-8(3-2-4-10(7)16(18)19)5-12-11(17)9-6-13-15-14-9/h2-4,6H,5H2,1H3,(H,12,17)(H,13,14,15). The van der Waals surface area contributed by atoms with Crippen molar-refractivity contribution in [3.05, 3.63) is 51.3 Å². The van der Waals surface area contributed by atoms with E-state index in [0.717, 1.165) is 0 Å². The zero-order chi connectivity index (χ0) is 13.8. The predicted octanol–water partition coefficient (Wildman–Crippen LogP) is 0.951. The Hall–Kier alpha value is -2.77. The fourth-order valence-electron chi connectivity index (χ4n) is 1.64. The van der Waals surface area contributed by atoms with E-state index in [2.05, 4.69) is 20.7 Å². The molecule has 0 atom stereocenters. The van der Waals surface area contributed by atoms with Crippen molar-refractivity contribution >= 4 is 11.6 Å². The zero-order valence-corrected chi connectivity index (χ0v) is 10.1. The molecular formula is C11H11N5O3. The van der Waals surface area contributed by atoms with E-state index in [1.54, 1.807) is 19.1 Å². The highest BCUT2D eigenvalue weighted by Crippen LogP contribution is 2.20. The topological polar surface area (TPSA) is 114 Å². The van der Waals surface area contributed by atoms with Crippen LogP contribution in [0, 0.1) is 17.0 Å². The number of benzene rings is 1. The van der Waals surface area contributed by atoms with Crippen molar-refractivity contribution in [2.75, 3.05) is 0 Å². The number of amides is 1. The van der Waals surface area contributed by atoms with E-state index in [1.165, 1.54) is 12.3 Å². The summed E-state index contributed by atoms with van der Waals surface area (Å²) in [6, 6.07) is 4.74. The SMILES string of the molecule is Cc1c(CNC(=O)c2cn[nH]n2)cccc1[N+](=O)[O-]. The first-order valence-corrected chi connectivity index (χ1v) is 5.46. The van der Waals surface area contributed by atoms with Crippen LogP contribution in [0.25, 0.3) is 0 Å². The van der Waals surface area contributed by atoms with E-state index >= 15 is 0 Å². The molecule has 19 heavy (non-hydrogen) atoms. The van der Waals surface area contributed by atoms with E-state index in [-0.39, 0.29) is 23.8 Å². The summed E-state index contributed by atoms with van der Waals surface area (Å²) in [5.74, 6) is -0.389. The number of nitrogens with one attached hydrogen (secondary N) is 2. The number of nitro benzene ring substituents is 1. The average Bonchev–Trinajstić information content (AvgIpc) is 2.90. The van der Waals surface area contributed by atoms with E-state index in [0.29, 0.717) is 11.1 Å². The lowest BCUT2D eigenvalue weighted by Crippen LogP contribution is -2.23. The molecule has 0 aliphatic carbocycles. The fourth-order valence-corrected chi connectivity index (χ4v) is 1.64. The van der Waals surface area contributed by atoms with Gasteiger partial charge < -0.3 is 5.32 Å². The maximum Gasteiger partial charge on any atom is 0.273 e. The second kappa shape index (κ2) is 5.25. The molecule has 0 aliphatic heterocycles. The van der Waals surface area contributed by atoms with Crippen molar-refractivity contribution in [2.45, 2.75) is 13.5 Å². The summed E-state index contributed by atoms with van der Waals surface area (Å²) >= 11 is 0. The number of carbonyl (C=O) groups excluding carboxylic acids is 1. The van der Waals surface area contributed by atoms with Gasteiger partial charge in [-0.2, -0.15) is 15.4 Å². The Bertz CT molecular complexity index is 609. The normalized spacial score (nSPS) is 10.2. The lowest BCUT2D eigenvalue weighted by molar-refractivity contribution is -0.385. The highest BCUT2D eigenvalue weighted by Gasteiger charge is 2.14. The number of H-pyrrole nitrogens is 1. The third kappa shape index (κ3) is 2.73. The van der Waals surface area contributed by atoms with Crippen molar-refractivity contribution in [3.8, 4) is 0 Å². The van der Waals surface area contributed by atoms with E-state index in [9.17, 15) is 14.9 Å². The Morgan fingerprint density at radius 1 is 1.53 bits per heavy atom. The van der Waals surface area contributed by atoms with Gasteiger partial charge in [-0.25, -0.2) is 0 Å². The molecule has 8 nitrogen and oxygen atoms in total. The number of nitro groups is 1. The molecule has 1 amide bonds. The molecule has 2 aromatic rings. The molecule has 0 bridgehead atoms. The van der Waals surface area contributed by atoms with E-state index in [1.807, 2.05) is 0 Å². The van der Waals surface area contributed by atoms with Crippen molar-refractivity contribution < 1.29 is 9.72 Å². The molecular weight excluding hydrogens is 250 g/mol. The number of aromatic nitrogens is 3. The van der Waals surface area contributed by atoms with Gasteiger partial charge >= 0.3 is 0 Å². The Labute approximate surface area is 108 Å². The van der Waals surface area contributed by atoms with Crippen molar-refractivity contribution in [1.82, 2.24) is 20.7 Å². The van der Waals surface area contributed by atoms with Crippen molar-refractivity contribution in [1.29, 1.82) is 0 Å². The average molecular weight is 261 g/mol. The Balaban J connectivity index is 2.10. The highest BCUT2D eigenvalue weighted by molar-refractivity contribution is 5.91. The number of carbonyl (C=O) groups is 1. The lowest BCUT2D eigenvalue weighted by Gasteiger charge is -2.07. The third-order valence-corrected chi connectivity index (χ3v) is 2.70. The maximum atomic E-state index is 11.6. The minimum Gasteiger partial charge on any atom is -0.346 e. The molecule has 8 heteroatoms. The minimum absolute atomic E-state index is 0.0354. The summed E-state index contributed by atoms with van der Waals surface area (Å²) in [4.78, 5) is 22.0. The molecule has 1 aromatic heterocycles. The first-order valence-electron chi connectivity index (χ1n) is 5.46. The summed E-state index contributed by atoms with van der Waals surface area (Å²) in [5.41, 5.74) is 1.43. The molecule has 2 N–H and O–H groups in total. The number of rotatable bonds is 4. The summed E-state index contributed by atoms with van der Waals surface area (Å²) in [6.45, 7) is 1.84. The quantitative estimate of drug-likeness (QED) is 0.628. The van der Waals surface area contributed by atoms with Crippen LogP contribution in [-0.4, -0.2) is 26.2 Å². The van der Waals surface area contributed by atoms with Crippen molar-refractivity contribution in [3.63, 3.8) is 0 Å². The largest absolute Gasteiger partial charge is 0.346 e.